The van der Waals surface area contributed by atoms with Gasteiger partial charge in [-0.2, -0.15) is 0 Å². The van der Waals surface area contributed by atoms with Gasteiger partial charge in [-0.25, -0.2) is 0 Å². The Labute approximate surface area is 82.1 Å². The van der Waals surface area contributed by atoms with Crippen molar-refractivity contribution in [1.29, 1.82) is 0 Å². The van der Waals surface area contributed by atoms with Gasteiger partial charge in [0.05, 0.1) is 18.3 Å². The Morgan fingerprint density at radius 2 is 2.36 bits per heavy atom. The summed E-state index contributed by atoms with van der Waals surface area (Å²) in [5.41, 5.74) is -0.243. The van der Waals surface area contributed by atoms with Crippen molar-refractivity contribution < 1.29 is 14.4 Å². The van der Waals surface area contributed by atoms with Crippen LogP contribution in [0.4, 0.5) is 0 Å². The fraction of sp³-hybridized carbons (Fsp3) is 0.556. The summed E-state index contributed by atoms with van der Waals surface area (Å²) in [5.74, 6) is 0.180. The van der Waals surface area contributed by atoms with Gasteiger partial charge in [-0.05, 0) is 20.8 Å². The molecule has 0 spiro atoms. The maximum absolute atomic E-state index is 11.6. The van der Waals surface area contributed by atoms with Crippen LogP contribution in [0.25, 0.3) is 0 Å². The van der Waals surface area contributed by atoms with Gasteiger partial charge in [-0.1, -0.05) is 5.16 Å². The molecular weight excluding hydrogens is 184 g/mol. The highest BCUT2D eigenvalue weighted by atomic mass is 16.5. The lowest BCUT2D eigenvalue weighted by atomic mass is 10.1. The van der Waals surface area contributed by atoms with Crippen LogP contribution in [0, 0.1) is 6.92 Å². The van der Waals surface area contributed by atoms with E-state index in [0.29, 0.717) is 11.3 Å². The maximum Gasteiger partial charge on any atom is 0.257 e. The lowest BCUT2D eigenvalue weighted by Crippen LogP contribution is -2.46. The summed E-state index contributed by atoms with van der Waals surface area (Å²) in [6, 6.07) is 0. The molecule has 14 heavy (non-hydrogen) atoms. The zero-order valence-corrected chi connectivity index (χ0v) is 8.50. The lowest BCUT2D eigenvalue weighted by Gasteiger charge is -2.22. The summed E-state index contributed by atoms with van der Waals surface area (Å²) in [6.07, 6.45) is 1.36. The molecule has 1 aromatic heterocycles. The Kier molecular flexibility index (Phi) is 2.90. The van der Waals surface area contributed by atoms with Crippen LogP contribution in [0.15, 0.2) is 10.7 Å². The Bertz CT molecular complexity index is 331. The zero-order chi connectivity index (χ0) is 10.8. The van der Waals surface area contributed by atoms with Crippen LogP contribution in [0.1, 0.15) is 30.0 Å². The van der Waals surface area contributed by atoms with Crippen LogP contribution in [0.2, 0.25) is 0 Å². The van der Waals surface area contributed by atoms with E-state index in [4.69, 9.17) is 9.63 Å². The van der Waals surface area contributed by atoms with Crippen LogP contribution >= 0.6 is 0 Å². The number of nitrogens with zero attached hydrogens (tertiary/aromatic N) is 1. The quantitative estimate of drug-likeness (QED) is 0.740. The largest absolute Gasteiger partial charge is 0.394 e. The molecule has 1 rings (SSSR count). The van der Waals surface area contributed by atoms with Crippen LogP contribution in [-0.2, 0) is 0 Å². The number of amides is 1. The van der Waals surface area contributed by atoms with Gasteiger partial charge >= 0.3 is 0 Å². The molecule has 0 fully saturated rings. The molecule has 1 amide bonds. The van der Waals surface area contributed by atoms with Crippen LogP contribution < -0.4 is 5.32 Å². The molecule has 0 aromatic carbocycles. The molecule has 1 aromatic rings. The minimum Gasteiger partial charge on any atom is -0.394 e. The fourth-order valence-corrected chi connectivity index (χ4v) is 0.931. The van der Waals surface area contributed by atoms with Gasteiger partial charge in [0.25, 0.3) is 5.91 Å². The van der Waals surface area contributed by atoms with Crippen molar-refractivity contribution in [3.63, 3.8) is 0 Å². The normalized spacial score (nSPS) is 11.4. The Balaban J connectivity index is 2.73. The summed E-state index contributed by atoms with van der Waals surface area (Å²) < 4.78 is 4.76. The number of aliphatic hydroxyl groups is 1. The minimum atomic E-state index is -0.638. The number of carbonyl (C=O) groups is 1. The molecule has 0 aliphatic rings. The molecule has 0 bridgehead atoms. The van der Waals surface area contributed by atoms with Crippen LogP contribution in [0.3, 0.4) is 0 Å². The topological polar surface area (TPSA) is 75.4 Å². The molecule has 0 saturated carbocycles. The molecule has 1 heterocycles. The van der Waals surface area contributed by atoms with E-state index in [1.807, 2.05) is 0 Å². The average Bonchev–Trinajstić information content (AvgIpc) is 2.51. The molecule has 2 N–H and O–H groups in total. The first kappa shape index (κ1) is 10.7. The van der Waals surface area contributed by atoms with Gasteiger partial charge in [0.2, 0.25) is 0 Å². The van der Waals surface area contributed by atoms with Crippen molar-refractivity contribution in [2.45, 2.75) is 26.3 Å². The van der Waals surface area contributed by atoms with E-state index in [9.17, 15) is 4.79 Å². The SMILES string of the molecule is Cc1oncc1C(=O)NC(C)(C)CO. The third-order valence-electron chi connectivity index (χ3n) is 1.84. The number of aryl methyl sites for hydroxylation is 1. The molecule has 5 heteroatoms. The molecule has 5 nitrogen and oxygen atoms in total. The zero-order valence-electron chi connectivity index (χ0n) is 8.50. The summed E-state index contributed by atoms with van der Waals surface area (Å²) >= 11 is 0. The highest BCUT2D eigenvalue weighted by Gasteiger charge is 2.22. The van der Waals surface area contributed by atoms with Gasteiger partial charge in [-0.15, -0.1) is 0 Å². The van der Waals surface area contributed by atoms with Crippen molar-refractivity contribution in [1.82, 2.24) is 10.5 Å². The number of nitrogens with one attached hydrogen (secondary N) is 1. The third-order valence-corrected chi connectivity index (χ3v) is 1.84. The highest BCUT2D eigenvalue weighted by Crippen LogP contribution is 2.08. The molecule has 0 radical (unpaired) electrons. The molecule has 0 aliphatic heterocycles. The molecule has 0 aliphatic carbocycles. The fourth-order valence-electron chi connectivity index (χ4n) is 0.931. The first-order chi connectivity index (χ1) is 6.46. The number of hydrogen-bond donors (Lipinski definition) is 2. The number of carbonyl (C=O) groups excluding carboxylic acids is 1. The van der Waals surface area contributed by atoms with Gasteiger partial charge in [0, 0.05) is 0 Å². The first-order valence-corrected chi connectivity index (χ1v) is 4.31. The van der Waals surface area contributed by atoms with Gasteiger partial charge < -0.3 is 14.9 Å². The number of aromatic nitrogens is 1. The van der Waals surface area contributed by atoms with E-state index in [1.54, 1.807) is 20.8 Å². The van der Waals surface area contributed by atoms with Crippen molar-refractivity contribution in [3.8, 4) is 0 Å². The Morgan fingerprint density at radius 3 is 2.79 bits per heavy atom. The summed E-state index contributed by atoms with van der Waals surface area (Å²) in [5, 5.41) is 15.1. The lowest BCUT2D eigenvalue weighted by molar-refractivity contribution is 0.0868. The summed E-state index contributed by atoms with van der Waals surface area (Å²) in [6.45, 7) is 5.00. The van der Waals surface area contributed by atoms with Crippen molar-refractivity contribution in [3.05, 3.63) is 17.5 Å². The second-order valence-corrected chi connectivity index (χ2v) is 3.79. The molecular formula is C9H14N2O3. The van der Waals surface area contributed by atoms with E-state index < -0.39 is 5.54 Å². The Morgan fingerprint density at radius 1 is 1.71 bits per heavy atom. The second kappa shape index (κ2) is 3.79. The predicted octanol–water partition coefficient (Wildman–Crippen LogP) is 0.484. The first-order valence-electron chi connectivity index (χ1n) is 4.31. The second-order valence-electron chi connectivity index (χ2n) is 3.79. The van der Waals surface area contributed by atoms with Crippen molar-refractivity contribution in [2.75, 3.05) is 6.61 Å². The van der Waals surface area contributed by atoms with Crippen molar-refractivity contribution in [2.24, 2.45) is 0 Å². The highest BCUT2D eigenvalue weighted by molar-refractivity contribution is 5.95. The predicted molar refractivity (Wildman–Crippen MR) is 49.9 cm³/mol. The standard InChI is InChI=1S/C9H14N2O3/c1-6-7(4-10-14-6)8(13)11-9(2,3)5-12/h4,12H,5H2,1-3H3,(H,11,13). The monoisotopic (exact) mass is 198 g/mol. The minimum absolute atomic E-state index is 0.122. The smallest absolute Gasteiger partial charge is 0.257 e. The third kappa shape index (κ3) is 2.32. The molecule has 0 saturated heterocycles. The number of rotatable bonds is 3. The van der Waals surface area contributed by atoms with Crippen LogP contribution in [-0.4, -0.2) is 28.3 Å². The summed E-state index contributed by atoms with van der Waals surface area (Å²) in [4.78, 5) is 11.6. The van der Waals surface area contributed by atoms with Gasteiger partial charge in [-0.3, -0.25) is 4.79 Å². The van der Waals surface area contributed by atoms with Crippen LogP contribution in [0.5, 0.6) is 0 Å². The van der Waals surface area contributed by atoms with E-state index in [0.717, 1.165) is 0 Å². The Hall–Kier alpha value is -1.36. The van der Waals surface area contributed by atoms with E-state index >= 15 is 0 Å². The van der Waals surface area contributed by atoms with E-state index in [1.165, 1.54) is 6.20 Å². The van der Waals surface area contributed by atoms with Crippen molar-refractivity contribution >= 4 is 5.91 Å². The molecule has 0 atom stereocenters. The average molecular weight is 198 g/mol. The van der Waals surface area contributed by atoms with E-state index in [-0.39, 0.29) is 12.5 Å². The number of aliphatic hydroxyl groups excluding tert-OH is 1. The molecule has 78 valence electrons. The maximum atomic E-state index is 11.6. The van der Waals surface area contributed by atoms with Gasteiger partial charge in [0.1, 0.15) is 11.3 Å². The van der Waals surface area contributed by atoms with Gasteiger partial charge in [0.15, 0.2) is 0 Å². The summed E-state index contributed by atoms with van der Waals surface area (Å²) in [7, 11) is 0. The van der Waals surface area contributed by atoms with E-state index in [2.05, 4.69) is 10.5 Å². The number of hydrogen-bond acceptors (Lipinski definition) is 4. The molecule has 0 unspecified atom stereocenters.